The van der Waals surface area contributed by atoms with Crippen molar-refractivity contribution in [3.63, 3.8) is 0 Å². The van der Waals surface area contributed by atoms with Crippen LogP contribution in [0.3, 0.4) is 0 Å². The number of benzene rings is 2. The number of nitrogens with zero attached hydrogens (tertiary/aromatic N) is 4. The molecule has 0 aliphatic rings. The van der Waals surface area contributed by atoms with E-state index < -0.39 is 9.84 Å². The zero-order valence-electron chi connectivity index (χ0n) is 17.1. The van der Waals surface area contributed by atoms with Gasteiger partial charge in [0.05, 0.1) is 15.5 Å². The van der Waals surface area contributed by atoms with Gasteiger partial charge in [0.25, 0.3) is 0 Å². The van der Waals surface area contributed by atoms with Crippen LogP contribution in [0.4, 0.5) is 11.4 Å². The van der Waals surface area contributed by atoms with Crippen molar-refractivity contribution in [2.24, 2.45) is 15.2 Å². The maximum absolute atomic E-state index is 12.6. The molecule has 0 fully saturated rings. The Morgan fingerprint density at radius 3 is 2.21 bits per heavy atom. The summed E-state index contributed by atoms with van der Waals surface area (Å²) in [6.45, 7) is 7.07. The first-order valence-corrected chi connectivity index (χ1v) is 10.3. The molecule has 0 bridgehead atoms. The van der Waals surface area contributed by atoms with Crippen LogP contribution >= 0.6 is 0 Å². The molecule has 0 radical (unpaired) electrons. The molecule has 0 saturated heterocycles. The number of amidine groups is 1. The Kier molecular flexibility index (Phi) is 6.85. The minimum absolute atomic E-state index is 0.150. The quantitative estimate of drug-likeness (QED) is 0.394. The van der Waals surface area contributed by atoms with Crippen molar-refractivity contribution < 1.29 is 8.42 Å². The van der Waals surface area contributed by atoms with Gasteiger partial charge in [-0.2, -0.15) is 0 Å². The fourth-order valence-electron chi connectivity index (χ4n) is 2.34. The molecule has 0 aromatic heterocycles. The van der Waals surface area contributed by atoms with Crippen molar-refractivity contribution in [2.45, 2.75) is 32.6 Å². The van der Waals surface area contributed by atoms with Gasteiger partial charge in [0.1, 0.15) is 5.84 Å². The second-order valence-corrected chi connectivity index (χ2v) is 8.92. The Hall–Kier alpha value is -2.80. The van der Waals surface area contributed by atoms with E-state index in [0.717, 1.165) is 22.5 Å². The molecule has 6 nitrogen and oxygen atoms in total. The van der Waals surface area contributed by atoms with E-state index in [0.29, 0.717) is 5.84 Å². The predicted octanol–water partition coefficient (Wildman–Crippen LogP) is 5.21. The molecule has 0 N–H and O–H groups in total. The summed E-state index contributed by atoms with van der Waals surface area (Å²) in [7, 11) is 0.395. The van der Waals surface area contributed by atoms with Crippen LogP contribution in [0.1, 0.15) is 25.0 Å². The lowest BCUT2D eigenvalue weighted by Crippen LogP contribution is -2.08. The van der Waals surface area contributed by atoms with Gasteiger partial charge in [0, 0.05) is 26.0 Å². The highest BCUT2D eigenvalue weighted by molar-refractivity contribution is 7.95. The molecule has 2 aromatic rings. The number of sulfone groups is 1. The molecule has 28 heavy (non-hydrogen) atoms. The number of rotatable bonds is 5. The monoisotopic (exact) mass is 398 g/mol. The van der Waals surface area contributed by atoms with Crippen LogP contribution in [0.25, 0.3) is 0 Å². The first kappa shape index (κ1) is 21.5. The molecule has 2 aromatic carbocycles. The second kappa shape index (κ2) is 8.93. The van der Waals surface area contributed by atoms with Crippen LogP contribution in [0, 0.1) is 13.8 Å². The maximum Gasteiger partial charge on any atom is 0.204 e. The normalized spacial score (nSPS) is 13.2. The lowest BCUT2D eigenvalue weighted by molar-refractivity contribution is 0.602. The van der Waals surface area contributed by atoms with Gasteiger partial charge in [-0.05, 0) is 63.6 Å². The summed E-state index contributed by atoms with van der Waals surface area (Å²) >= 11 is 0. The van der Waals surface area contributed by atoms with E-state index in [1.54, 1.807) is 31.2 Å². The topological polar surface area (TPSA) is 74.5 Å². The number of azo groups is 1. The van der Waals surface area contributed by atoms with Crippen LogP contribution in [0.2, 0.25) is 0 Å². The Balaban J connectivity index is 2.18. The first-order chi connectivity index (χ1) is 13.1. The lowest BCUT2D eigenvalue weighted by atomic mass is 10.2. The number of hydrogen-bond acceptors (Lipinski definition) is 5. The minimum atomic E-state index is -3.56. The Bertz CT molecular complexity index is 1030. The third-order valence-electron chi connectivity index (χ3n) is 4.19. The summed E-state index contributed by atoms with van der Waals surface area (Å²) in [6.07, 6.45) is 1.31. The third kappa shape index (κ3) is 5.36. The smallest absolute Gasteiger partial charge is 0.204 e. The Labute approximate surface area is 167 Å². The molecule has 148 valence electrons. The number of aliphatic imine (C=N–C) groups is 1. The van der Waals surface area contributed by atoms with Crippen LogP contribution in [0.15, 0.2) is 73.7 Å². The molecule has 2 rings (SSSR count). The number of allylic oxidation sites excluding steroid dienone is 1. The molecular formula is C21H26N4O2S. The average Bonchev–Trinajstić information content (AvgIpc) is 2.65. The largest absolute Gasteiger partial charge is 0.378 e. The SMILES string of the molecule is CC(N=Nc1ccc(N(C)C)cc1C)=N/C=C(\C)S(=O)(=O)c1ccc(C)cc1. The highest BCUT2D eigenvalue weighted by Gasteiger charge is 2.16. The molecule has 0 heterocycles. The second-order valence-electron chi connectivity index (χ2n) is 6.80. The molecule has 0 spiro atoms. The summed E-state index contributed by atoms with van der Waals surface area (Å²) in [5, 5.41) is 8.30. The van der Waals surface area contributed by atoms with E-state index in [4.69, 9.17) is 0 Å². The number of hydrogen-bond donors (Lipinski definition) is 0. The van der Waals surface area contributed by atoms with E-state index in [1.807, 2.05) is 51.0 Å². The fourth-order valence-corrected chi connectivity index (χ4v) is 3.40. The molecule has 0 aliphatic carbocycles. The molecule has 0 atom stereocenters. The van der Waals surface area contributed by atoms with Gasteiger partial charge in [0.2, 0.25) is 9.84 Å². The van der Waals surface area contributed by atoms with Gasteiger partial charge in [-0.15, -0.1) is 10.2 Å². The van der Waals surface area contributed by atoms with E-state index in [9.17, 15) is 8.42 Å². The standard InChI is InChI=1S/C21H26N4O2S/c1-15-7-10-20(11-8-15)28(26,27)17(3)14-22-18(4)23-24-21-12-9-19(25(5)6)13-16(21)2/h7-14H,1-6H3/b17-14+,22-18?,24-23?. The van der Waals surface area contributed by atoms with Crippen molar-refractivity contribution in [2.75, 3.05) is 19.0 Å². The van der Waals surface area contributed by atoms with Crippen LogP contribution in [-0.4, -0.2) is 28.3 Å². The lowest BCUT2D eigenvalue weighted by Gasteiger charge is -2.13. The number of anilines is 1. The summed E-state index contributed by atoms with van der Waals surface area (Å²) in [5.74, 6) is 0.370. The van der Waals surface area contributed by atoms with E-state index in [2.05, 4.69) is 15.2 Å². The third-order valence-corrected chi connectivity index (χ3v) is 6.03. The Morgan fingerprint density at radius 2 is 1.64 bits per heavy atom. The van der Waals surface area contributed by atoms with E-state index >= 15 is 0 Å². The average molecular weight is 399 g/mol. The van der Waals surface area contributed by atoms with Crippen LogP contribution in [-0.2, 0) is 9.84 Å². The summed E-state index contributed by atoms with van der Waals surface area (Å²) < 4.78 is 25.1. The van der Waals surface area contributed by atoms with Gasteiger partial charge < -0.3 is 4.90 Å². The van der Waals surface area contributed by atoms with E-state index in [-0.39, 0.29) is 9.80 Å². The van der Waals surface area contributed by atoms with Crippen LogP contribution in [0.5, 0.6) is 0 Å². The van der Waals surface area contributed by atoms with Gasteiger partial charge in [-0.25, -0.2) is 13.4 Å². The highest BCUT2D eigenvalue weighted by atomic mass is 32.2. The molecule has 0 aliphatic heterocycles. The zero-order valence-corrected chi connectivity index (χ0v) is 17.9. The van der Waals surface area contributed by atoms with Gasteiger partial charge in [-0.1, -0.05) is 17.7 Å². The van der Waals surface area contributed by atoms with Gasteiger partial charge >= 0.3 is 0 Å². The summed E-state index contributed by atoms with van der Waals surface area (Å²) in [6, 6.07) is 12.6. The van der Waals surface area contributed by atoms with Crippen molar-refractivity contribution >= 4 is 27.0 Å². The summed E-state index contributed by atoms with van der Waals surface area (Å²) in [4.78, 5) is 6.55. The molecule has 0 saturated carbocycles. The maximum atomic E-state index is 12.6. The van der Waals surface area contributed by atoms with E-state index in [1.165, 1.54) is 13.1 Å². The van der Waals surface area contributed by atoms with Crippen molar-refractivity contribution in [3.05, 3.63) is 64.7 Å². The van der Waals surface area contributed by atoms with Gasteiger partial charge in [-0.3, -0.25) is 0 Å². The van der Waals surface area contributed by atoms with Crippen molar-refractivity contribution in [3.8, 4) is 0 Å². The molecule has 0 amide bonds. The molecular weight excluding hydrogens is 372 g/mol. The summed E-state index contributed by atoms with van der Waals surface area (Å²) in [5.41, 5.74) is 3.83. The fraction of sp³-hybridized carbons (Fsp3) is 0.286. The van der Waals surface area contributed by atoms with Crippen LogP contribution < -0.4 is 4.90 Å². The number of aryl methyl sites for hydroxylation is 2. The van der Waals surface area contributed by atoms with Crippen molar-refractivity contribution in [1.29, 1.82) is 0 Å². The first-order valence-electron chi connectivity index (χ1n) is 8.84. The predicted molar refractivity (Wildman–Crippen MR) is 115 cm³/mol. The minimum Gasteiger partial charge on any atom is -0.378 e. The zero-order chi connectivity index (χ0) is 20.9. The molecule has 0 unspecified atom stereocenters. The van der Waals surface area contributed by atoms with Crippen molar-refractivity contribution in [1.82, 2.24) is 0 Å². The molecule has 7 heteroatoms. The highest BCUT2D eigenvalue weighted by Crippen LogP contribution is 2.24. The van der Waals surface area contributed by atoms with Gasteiger partial charge in [0.15, 0.2) is 0 Å². The Morgan fingerprint density at radius 1 is 1.00 bits per heavy atom.